The van der Waals surface area contributed by atoms with Gasteiger partial charge in [0.15, 0.2) is 5.16 Å². The molecule has 1 amide bonds. The van der Waals surface area contributed by atoms with Crippen LogP contribution in [0, 0.1) is 5.92 Å². The number of hydrogen-bond acceptors (Lipinski definition) is 5. The van der Waals surface area contributed by atoms with Crippen LogP contribution >= 0.6 is 23.4 Å². The maximum Gasteiger partial charge on any atom is 0.262 e. The summed E-state index contributed by atoms with van der Waals surface area (Å²) in [5.41, 5.74) is 0.438. The van der Waals surface area contributed by atoms with Crippen molar-refractivity contribution in [2.75, 3.05) is 12.8 Å². The van der Waals surface area contributed by atoms with E-state index in [4.69, 9.17) is 16.0 Å². The number of hydrogen-bond donors (Lipinski definition) is 0. The topological polar surface area (TPSA) is 68.3 Å². The molecule has 154 valence electrons. The molecule has 2 heterocycles. The number of benzene rings is 1. The Morgan fingerprint density at radius 3 is 2.83 bits per heavy atom. The summed E-state index contributed by atoms with van der Waals surface area (Å²) in [6.45, 7) is 5.17. The first-order valence-electron chi connectivity index (χ1n) is 9.44. The zero-order valence-electron chi connectivity index (χ0n) is 16.7. The first-order chi connectivity index (χ1) is 13.8. The lowest BCUT2D eigenvalue weighted by molar-refractivity contribution is -0.127. The lowest BCUT2D eigenvalue weighted by atomic mass is 10.1. The second kappa shape index (κ2) is 9.50. The molecule has 0 saturated heterocycles. The molecule has 0 aliphatic heterocycles. The van der Waals surface area contributed by atoms with Crippen LogP contribution in [0.3, 0.4) is 0 Å². The maximum absolute atomic E-state index is 13.0. The van der Waals surface area contributed by atoms with E-state index < -0.39 is 0 Å². The Labute approximate surface area is 178 Å². The zero-order valence-corrected chi connectivity index (χ0v) is 18.3. The van der Waals surface area contributed by atoms with Crippen molar-refractivity contribution >= 4 is 40.2 Å². The van der Waals surface area contributed by atoms with Crippen molar-refractivity contribution in [3.8, 4) is 0 Å². The molecule has 0 aliphatic rings. The fourth-order valence-corrected chi connectivity index (χ4v) is 3.96. The van der Waals surface area contributed by atoms with Crippen molar-refractivity contribution in [3.63, 3.8) is 0 Å². The second-order valence-corrected chi connectivity index (χ2v) is 8.69. The Kier molecular flexibility index (Phi) is 7.03. The van der Waals surface area contributed by atoms with E-state index in [1.165, 1.54) is 11.8 Å². The molecule has 0 fully saturated rings. The number of carbonyl (C=O) groups is 1. The normalized spacial score (nSPS) is 11.3. The Hall–Kier alpha value is -2.25. The maximum atomic E-state index is 13.0. The standard InChI is InChI=1S/C21H24ClN3O3S/c1-14(2)8-9-25-20(27)17-7-6-15(22)11-18(17)23-21(25)29-13-19(26)24(3)12-16-5-4-10-28-16/h4-7,10-11,14H,8-9,12-13H2,1-3H3. The molecule has 29 heavy (non-hydrogen) atoms. The van der Waals surface area contributed by atoms with Gasteiger partial charge in [-0.3, -0.25) is 14.2 Å². The van der Waals surface area contributed by atoms with Crippen LogP contribution in [0.15, 0.2) is 51.0 Å². The summed E-state index contributed by atoms with van der Waals surface area (Å²) in [7, 11) is 1.73. The van der Waals surface area contributed by atoms with E-state index in [1.807, 2.05) is 6.07 Å². The fraction of sp³-hybridized carbons (Fsp3) is 0.381. The fourth-order valence-electron chi connectivity index (χ4n) is 2.83. The van der Waals surface area contributed by atoms with E-state index in [2.05, 4.69) is 18.8 Å². The summed E-state index contributed by atoms with van der Waals surface area (Å²) in [5, 5.41) is 1.59. The summed E-state index contributed by atoms with van der Waals surface area (Å²) in [6, 6.07) is 8.70. The summed E-state index contributed by atoms with van der Waals surface area (Å²) in [5.74, 6) is 1.28. The van der Waals surface area contributed by atoms with Gasteiger partial charge in [0.1, 0.15) is 5.76 Å². The highest BCUT2D eigenvalue weighted by Gasteiger charge is 2.16. The van der Waals surface area contributed by atoms with Crippen LogP contribution in [0.5, 0.6) is 0 Å². The third kappa shape index (κ3) is 5.42. The van der Waals surface area contributed by atoms with Crippen LogP contribution in [0.2, 0.25) is 5.02 Å². The van der Waals surface area contributed by atoms with Gasteiger partial charge in [-0.25, -0.2) is 4.98 Å². The Balaban J connectivity index is 1.83. The lowest BCUT2D eigenvalue weighted by Crippen LogP contribution is -2.29. The molecule has 0 atom stereocenters. The number of furan rings is 1. The van der Waals surface area contributed by atoms with E-state index in [1.54, 1.807) is 47.0 Å². The first kappa shape index (κ1) is 21.5. The van der Waals surface area contributed by atoms with Crippen LogP contribution in [0.1, 0.15) is 26.0 Å². The van der Waals surface area contributed by atoms with Gasteiger partial charge >= 0.3 is 0 Å². The molecule has 0 N–H and O–H groups in total. The van der Waals surface area contributed by atoms with E-state index in [0.717, 1.165) is 12.2 Å². The van der Waals surface area contributed by atoms with E-state index in [9.17, 15) is 9.59 Å². The molecule has 0 radical (unpaired) electrons. The summed E-state index contributed by atoms with van der Waals surface area (Å²) < 4.78 is 6.96. The van der Waals surface area contributed by atoms with Crippen molar-refractivity contribution < 1.29 is 9.21 Å². The molecule has 0 aliphatic carbocycles. The second-order valence-electron chi connectivity index (χ2n) is 7.31. The SMILES string of the molecule is CC(C)CCn1c(SCC(=O)N(C)Cc2ccco2)nc2cc(Cl)ccc2c1=O. The zero-order chi connectivity index (χ0) is 21.0. The molecule has 0 spiro atoms. The lowest BCUT2D eigenvalue weighted by Gasteiger charge is -2.17. The molecular weight excluding hydrogens is 410 g/mol. The molecule has 0 saturated carbocycles. The van der Waals surface area contributed by atoms with Gasteiger partial charge in [-0.2, -0.15) is 0 Å². The minimum absolute atomic E-state index is 0.0674. The Bertz CT molecular complexity index is 1050. The van der Waals surface area contributed by atoms with E-state index in [0.29, 0.717) is 40.1 Å². The number of aromatic nitrogens is 2. The molecule has 1 aromatic carbocycles. The van der Waals surface area contributed by atoms with Gasteiger partial charge < -0.3 is 9.32 Å². The number of fused-ring (bicyclic) bond motifs is 1. The Morgan fingerprint density at radius 2 is 2.14 bits per heavy atom. The highest BCUT2D eigenvalue weighted by molar-refractivity contribution is 7.99. The van der Waals surface area contributed by atoms with Crippen molar-refractivity contribution in [3.05, 3.63) is 57.7 Å². The van der Waals surface area contributed by atoms with Gasteiger partial charge in [-0.1, -0.05) is 37.2 Å². The van der Waals surface area contributed by atoms with Gasteiger partial charge in [0.25, 0.3) is 5.56 Å². The van der Waals surface area contributed by atoms with Gasteiger partial charge in [0, 0.05) is 18.6 Å². The van der Waals surface area contributed by atoms with Crippen LogP contribution < -0.4 is 5.56 Å². The minimum Gasteiger partial charge on any atom is -0.467 e. The third-order valence-electron chi connectivity index (χ3n) is 4.54. The van der Waals surface area contributed by atoms with Gasteiger partial charge in [-0.05, 0) is 42.7 Å². The molecule has 6 nitrogen and oxygen atoms in total. The molecular formula is C21H24ClN3O3S. The van der Waals surface area contributed by atoms with E-state index in [-0.39, 0.29) is 17.2 Å². The quantitative estimate of drug-likeness (QED) is 0.388. The largest absolute Gasteiger partial charge is 0.467 e. The molecule has 8 heteroatoms. The van der Waals surface area contributed by atoms with E-state index >= 15 is 0 Å². The van der Waals surface area contributed by atoms with Crippen LogP contribution in [-0.2, 0) is 17.9 Å². The average Bonchev–Trinajstić information content (AvgIpc) is 3.18. The van der Waals surface area contributed by atoms with Crippen molar-refractivity contribution in [1.29, 1.82) is 0 Å². The predicted octanol–water partition coefficient (Wildman–Crippen LogP) is 4.44. The number of nitrogens with zero attached hydrogens (tertiary/aromatic N) is 3. The number of halogens is 1. The highest BCUT2D eigenvalue weighted by Crippen LogP contribution is 2.22. The number of amides is 1. The summed E-state index contributed by atoms with van der Waals surface area (Å²) >= 11 is 7.35. The minimum atomic E-state index is -0.105. The van der Waals surface area contributed by atoms with Crippen LogP contribution in [0.4, 0.5) is 0 Å². The average molecular weight is 434 g/mol. The first-order valence-corrected chi connectivity index (χ1v) is 10.8. The predicted molar refractivity (Wildman–Crippen MR) is 116 cm³/mol. The molecule has 3 rings (SSSR count). The third-order valence-corrected chi connectivity index (χ3v) is 5.73. The van der Waals surface area contributed by atoms with Gasteiger partial charge in [-0.15, -0.1) is 0 Å². The van der Waals surface area contributed by atoms with Crippen molar-refractivity contribution in [2.24, 2.45) is 5.92 Å². The number of thioether (sulfide) groups is 1. The Morgan fingerprint density at radius 1 is 1.34 bits per heavy atom. The van der Waals surface area contributed by atoms with Crippen LogP contribution in [0.25, 0.3) is 10.9 Å². The molecule has 3 aromatic rings. The number of carbonyl (C=O) groups excluding carboxylic acids is 1. The molecule has 2 aromatic heterocycles. The summed E-state index contributed by atoms with van der Waals surface area (Å²) in [4.78, 5) is 31.8. The molecule has 0 unspecified atom stereocenters. The highest BCUT2D eigenvalue weighted by atomic mass is 35.5. The molecule has 0 bridgehead atoms. The summed E-state index contributed by atoms with van der Waals surface area (Å²) in [6.07, 6.45) is 2.43. The van der Waals surface area contributed by atoms with Crippen LogP contribution in [-0.4, -0.2) is 33.2 Å². The van der Waals surface area contributed by atoms with Gasteiger partial charge in [0.2, 0.25) is 5.91 Å². The van der Waals surface area contributed by atoms with Gasteiger partial charge in [0.05, 0.1) is 29.5 Å². The van der Waals surface area contributed by atoms with Crippen molar-refractivity contribution in [2.45, 2.75) is 38.5 Å². The van der Waals surface area contributed by atoms with Crippen molar-refractivity contribution in [1.82, 2.24) is 14.5 Å². The smallest absolute Gasteiger partial charge is 0.262 e. The number of rotatable bonds is 8. The monoisotopic (exact) mass is 433 g/mol.